The predicted molar refractivity (Wildman–Crippen MR) is 307 cm³/mol. The van der Waals surface area contributed by atoms with Crippen molar-refractivity contribution in [1.29, 1.82) is 0 Å². The van der Waals surface area contributed by atoms with Gasteiger partial charge in [-0.2, -0.15) is 0 Å². The Morgan fingerprint density at radius 3 is 1.04 bits per heavy atom. The van der Waals surface area contributed by atoms with E-state index in [-0.39, 0.29) is 25.2 Å². The molecule has 0 fully saturated rings. The van der Waals surface area contributed by atoms with Crippen molar-refractivity contribution in [2.24, 2.45) is 0 Å². The number of carbonyl (C=O) groups is 2. The Morgan fingerprint density at radius 1 is 0.329 bits per heavy atom. The minimum Gasteiger partial charge on any atom is -0.462 e. The van der Waals surface area contributed by atoms with Crippen molar-refractivity contribution in [3.05, 3.63) is 48.6 Å². The number of unbranched alkanes of at least 4 members (excludes halogenated alkanes) is 39. The van der Waals surface area contributed by atoms with Gasteiger partial charge in [0.05, 0.1) is 6.61 Å². The van der Waals surface area contributed by atoms with Crippen molar-refractivity contribution in [1.82, 2.24) is 0 Å². The van der Waals surface area contributed by atoms with Gasteiger partial charge in [0.15, 0.2) is 6.10 Å². The summed E-state index contributed by atoms with van der Waals surface area (Å²) >= 11 is 0. The van der Waals surface area contributed by atoms with Crippen molar-refractivity contribution >= 4 is 11.9 Å². The van der Waals surface area contributed by atoms with Crippen molar-refractivity contribution < 1.29 is 23.8 Å². The molecule has 0 aromatic rings. The second kappa shape index (κ2) is 61.2. The quantitative estimate of drug-likeness (QED) is 0.0345. The van der Waals surface area contributed by atoms with E-state index >= 15 is 0 Å². The molecule has 5 nitrogen and oxygen atoms in total. The van der Waals surface area contributed by atoms with E-state index in [0.29, 0.717) is 19.4 Å². The molecule has 0 N–H and O–H groups in total. The molecule has 0 bridgehead atoms. The Kier molecular flexibility index (Phi) is 59.3. The first-order valence-electron chi connectivity index (χ1n) is 31.2. The summed E-state index contributed by atoms with van der Waals surface area (Å²) in [6.07, 6.45) is 77.2. The average molecular weight is 982 g/mol. The number of esters is 2. The van der Waals surface area contributed by atoms with Crippen LogP contribution in [0.3, 0.4) is 0 Å². The highest BCUT2D eigenvalue weighted by molar-refractivity contribution is 5.70. The van der Waals surface area contributed by atoms with Gasteiger partial charge in [0.25, 0.3) is 0 Å². The predicted octanol–water partition coefficient (Wildman–Crippen LogP) is 21.5. The fraction of sp³-hybridized carbons (Fsp3) is 0.846. The third-order valence-corrected chi connectivity index (χ3v) is 13.8. The molecule has 0 amide bonds. The molecule has 5 heteroatoms. The van der Waals surface area contributed by atoms with Gasteiger partial charge in [-0.3, -0.25) is 9.59 Å². The summed E-state index contributed by atoms with van der Waals surface area (Å²) in [6, 6.07) is 0. The summed E-state index contributed by atoms with van der Waals surface area (Å²) in [4.78, 5) is 25.6. The SMILES string of the molecule is CC/C=C\C/C=C\C/C=C\CCCCCCCC(=O)OC(COCCCCCCCCCCCCCCCCCCCCCC)COC(=O)CCCCCCCCCCC/C=C\CCCCCCCC. The van der Waals surface area contributed by atoms with E-state index in [1.807, 2.05) is 0 Å². The molecule has 0 saturated carbocycles. The fourth-order valence-corrected chi connectivity index (χ4v) is 9.23. The van der Waals surface area contributed by atoms with Crippen molar-refractivity contribution in [2.75, 3.05) is 19.8 Å². The van der Waals surface area contributed by atoms with Crippen LogP contribution in [0.4, 0.5) is 0 Å². The van der Waals surface area contributed by atoms with Gasteiger partial charge >= 0.3 is 11.9 Å². The zero-order valence-electron chi connectivity index (χ0n) is 47.3. The van der Waals surface area contributed by atoms with E-state index in [2.05, 4.69) is 69.4 Å². The molecule has 0 aliphatic rings. The van der Waals surface area contributed by atoms with Crippen LogP contribution in [0.25, 0.3) is 0 Å². The Hall–Kier alpha value is -2.14. The molecular formula is C65H120O5. The number of hydrogen-bond donors (Lipinski definition) is 0. The maximum Gasteiger partial charge on any atom is 0.306 e. The Balaban J connectivity index is 4.23. The third-order valence-electron chi connectivity index (χ3n) is 13.8. The molecule has 0 aromatic carbocycles. The first-order chi connectivity index (χ1) is 34.6. The molecule has 0 rings (SSSR count). The molecule has 0 aliphatic carbocycles. The standard InChI is InChI=1S/C65H120O5/c1-4-7-10-13-16-19-22-25-28-30-32-34-36-39-42-45-48-51-54-57-60-68-61-63(70-65(67)59-56-53-50-47-44-41-37-27-24-21-18-15-12-9-6-3)62-69-64(66)58-55-52-49-46-43-40-38-35-33-31-29-26-23-20-17-14-11-8-5-2/h9,12,18,21,26-27,29,37,63H,4-8,10-11,13-17,19-20,22-25,28,30-36,38-62H2,1-3H3/b12-9-,21-18-,29-26-,37-27-. The van der Waals surface area contributed by atoms with E-state index in [0.717, 1.165) is 64.2 Å². The van der Waals surface area contributed by atoms with Crippen LogP contribution < -0.4 is 0 Å². The lowest BCUT2D eigenvalue weighted by atomic mass is 10.0. The highest BCUT2D eigenvalue weighted by Gasteiger charge is 2.17. The van der Waals surface area contributed by atoms with E-state index in [1.165, 1.54) is 231 Å². The van der Waals surface area contributed by atoms with E-state index in [9.17, 15) is 9.59 Å². The number of carbonyl (C=O) groups excluding carboxylic acids is 2. The fourth-order valence-electron chi connectivity index (χ4n) is 9.23. The Bertz CT molecular complexity index is 1150. The second-order valence-electron chi connectivity index (χ2n) is 20.9. The number of ether oxygens (including phenoxy) is 3. The largest absolute Gasteiger partial charge is 0.462 e. The topological polar surface area (TPSA) is 61.8 Å². The normalized spacial score (nSPS) is 12.4. The lowest BCUT2D eigenvalue weighted by Crippen LogP contribution is -2.30. The maximum absolute atomic E-state index is 12.9. The molecule has 0 aromatic heterocycles. The second-order valence-corrected chi connectivity index (χ2v) is 20.9. The molecule has 1 atom stereocenters. The zero-order chi connectivity index (χ0) is 50.6. The van der Waals surface area contributed by atoms with Crippen LogP contribution in [-0.4, -0.2) is 37.9 Å². The summed E-state index contributed by atoms with van der Waals surface area (Å²) in [6.45, 7) is 7.76. The molecule has 0 heterocycles. The molecule has 410 valence electrons. The summed E-state index contributed by atoms with van der Waals surface area (Å²) < 4.78 is 17.5. The van der Waals surface area contributed by atoms with Gasteiger partial charge in [0.1, 0.15) is 6.61 Å². The third kappa shape index (κ3) is 58.4. The zero-order valence-corrected chi connectivity index (χ0v) is 47.3. The van der Waals surface area contributed by atoms with E-state index < -0.39 is 6.10 Å². The van der Waals surface area contributed by atoms with Crippen LogP contribution in [0.2, 0.25) is 0 Å². The van der Waals surface area contributed by atoms with Gasteiger partial charge in [-0.05, 0) is 77.0 Å². The number of rotatable bonds is 58. The molecule has 0 radical (unpaired) electrons. The van der Waals surface area contributed by atoms with Gasteiger partial charge in [-0.25, -0.2) is 0 Å². The molecule has 70 heavy (non-hydrogen) atoms. The van der Waals surface area contributed by atoms with E-state index in [4.69, 9.17) is 14.2 Å². The lowest BCUT2D eigenvalue weighted by molar-refractivity contribution is -0.163. The average Bonchev–Trinajstić information content (AvgIpc) is 3.36. The summed E-state index contributed by atoms with van der Waals surface area (Å²) in [5.41, 5.74) is 0. The minimum atomic E-state index is -0.544. The Labute approximate surface area is 437 Å². The van der Waals surface area contributed by atoms with Gasteiger partial charge < -0.3 is 14.2 Å². The van der Waals surface area contributed by atoms with Crippen molar-refractivity contribution in [3.8, 4) is 0 Å². The van der Waals surface area contributed by atoms with Crippen molar-refractivity contribution in [3.63, 3.8) is 0 Å². The molecule has 0 spiro atoms. The maximum atomic E-state index is 12.9. The molecule has 0 saturated heterocycles. The molecule has 0 aliphatic heterocycles. The van der Waals surface area contributed by atoms with Gasteiger partial charge in [-0.1, -0.05) is 288 Å². The Morgan fingerprint density at radius 2 is 0.643 bits per heavy atom. The molecule has 1 unspecified atom stereocenters. The highest BCUT2D eigenvalue weighted by atomic mass is 16.6. The monoisotopic (exact) mass is 981 g/mol. The smallest absolute Gasteiger partial charge is 0.306 e. The van der Waals surface area contributed by atoms with Gasteiger partial charge in [-0.15, -0.1) is 0 Å². The minimum absolute atomic E-state index is 0.0813. The summed E-state index contributed by atoms with van der Waals surface area (Å²) in [5, 5.41) is 0. The number of allylic oxidation sites excluding steroid dienone is 8. The number of hydrogen-bond acceptors (Lipinski definition) is 5. The van der Waals surface area contributed by atoms with Crippen LogP contribution in [0.5, 0.6) is 0 Å². The van der Waals surface area contributed by atoms with Crippen molar-refractivity contribution in [2.45, 2.75) is 335 Å². The van der Waals surface area contributed by atoms with Crippen LogP contribution in [-0.2, 0) is 23.8 Å². The lowest BCUT2D eigenvalue weighted by Gasteiger charge is -2.18. The highest BCUT2D eigenvalue weighted by Crippen LogP contribution is 2.17. The van der Waals surface area contributed by atoms with Crippen LogP contribution >= 0.6 is 0 Å². The summed E-state index contributed by atoms with van der Waals surface area (Å²) in [7, 11) is 0. The van der Waals surface area contributed by atoms with Crippen LogP contribution in [0, 0.1) is 0 Å². The molecular weight excluding hydrogens is 861 g/mol. The van der Waals surface area contributed by atoms with Crippen LogP contribution in [0.15, 0.2) is 48.6 Å². The summed E-state index contributed by atoms with van der Waals surface area (Å²) in [5.74, 6) is -0.400. The van der Waals surface area contributed by atoms with Gasteiger partial charge in [0, 0.05) is 19.4 Å². The first-order valence-corrected chi connectivity index (χ1v) is 31.2. The van der Waals surface area contributed by atoms with Gasteiger partial charge in [0.2, 0.25) is 0 Å². The van der Waals surface area contributed by atoms with Crippen LogP contribution in [0.1, 0.15) is 329 Å². The first kappa shape index (κ1) is 67.9. The van der Waals surface area contributed by atoms with E-state index in [1.54, 1.807) is 0 Å².